The van der Waals surface area contributed by atoms with Crippen LogP contribution in [0.25, 0.3) is 10.6 Å². The molecule has 0 amide bonds. The Morgan fingerprint density at radius 3 is 2.96 bits per heavy atom. The van der Waals surface area contributed by atoms with Crippen molar-refractivity contribution in [1.82, 2.24) is 9.88 Å². The third kappa shape index (κ3) is 2.90. The van der Waals surface area contributed by atoms with Gasteiger partial charge in [0.2, 0.25) is 0 Å². The van der Waals surface area contributed by atoms with Crippen molar-refractivity contribution in [2.75, 3.05) is 13.7 Å². The highest BCUT2D eigenvalue weighted by Gasteiger charge is 2.50. The summed E-state index contributed by atoms with van der Waals surface area (Å²) in [6.07, 6.45) is 5.50. The molecule has 5 heteroatoms. The lowest BCUT2D eigenvalue weighted by atomic mass is 9.79. The van der Waals surface area contributed by atoms with Crippen molar-refractivity contribution in [3.63, 3.8) is 0 Å². The molecule has 0 radical (unpaired) electrons. The Morgan fingerprint density at radius 1 is 1.33 bits per heavy atom. The molecule has 0 spiro atoms. The van der Waals surface area contributed by atoms with Gasteiger partial charge in [-0.1, -0.05) is 30.3 Å². The second kappa shape index (κ2) is 6.56. The zero-order valence-electron chi connectivity index (χ0n) is 14.0. The number of aliphatic hydroxyl groups excluding tert-OH is 1. The van der Waals surface area contributed by atoms with E-state index < -0.39 is 0 Å². The van der Waals surface area contributed by atoms with Crippen LogP contribution in [0.4, 0.5) is 0 Å². The first-order valence-corrected chi connectivity index (χ1v) is 9.49. The quantitative estimate of drug-likeness (QED) is 0.924. The van der Waals surface area contributed by atoms with E-state index in [-0.39, 0.29) is 11.7 Å². The SMILES string of the molecule is CO[C@@]12CC[C@@H](O)C[C@@H]1N(Cc1cnc(-c3ccccc3)s1)CC2. The molecule has 1 aliphatic heterocycles. The molecule has 3 atom stereocenters. The highest BCUT2D eigenvalue weighted by Crippen LogP contribution is 2.43. The van der Waals surface area contributed by atoms with E-state index in [2.05, 4.69) is 22.0 Å². The van der Waals surface area contributed by atoms with Gasteiger partial charge in [0.15, 0.2) is 0 Å². The van der Waals surface area contributed by atoms with Crippen LogP contribution in [-0.2, 0) is 11.3 Å². The molecule has 1 aromatic heterocycles. The van der Waals surface area contributed by atoms with Crippen LogP contribution < -0.4 is 0 Å². The number of likely N-dealkylation sites (tertiary alicyclic amines) is 1. The smallest absolute Gasteiger partial charge is 0.123 e. The molecular weight excluding hydrogens is 320 g/mol. The van der Waals surface area contributed by atoms with Crippen molar-refractivity contribution >= 4 is 11.3 Å². The van der Waals surface area contributed by atoms with Crippen LogP contribution >= 0.6 is 11.3 Å². The minimum Gasteiger partial charge on any atom is -0.393 e. The fraction of sp³-hybridized carbons (Fsp3) is 0.526. The van der Waals surface area contributed by atoms with Crippen molar-refractivity contribution in [1.29, 1.82) is 0 Å². The average Bonchev–Trinajstić information content (AvgIpc) is 3.22. The first-order chi connectivity index (χ1) is 11.7. The lowest BCUT2D eigenvalue weighted by Gasteiger charge is -2.42. The van der Waals surface area contributed by atoms with Crippen molar-refractivity contribution in [2.24, 2.45) is 0 Å². The van der Waals surface area contributed by atoms with E-state index in [9.17, 15) is 5.11 Å². The summed E-state index contributed by atoms with van der Waals surface area (Å²) in [7, 11) is 1.83. The van der Waals surface area contributed by atoms with Crippen molar-refractivity contribution in [3.05, 3.63) is 41.4 Å². The van der Waals surface area contributed by atoms with Gasteiger partial charge in [-0.15, -0.1) is 11.3 Å². The molecule has 0 unspecified atom stereocenters. The molecule has 24 heavy (non-hydrogen) atoms. The molecule has 2 aliphatic rings. The minimum atomic E-state index is -0.194. The molecule has 0 bridgehead atoms. The standard InChI is InChI=1S/C19H24N2O2S/c1-23-19-8-7-15(22)11-17(19)21(10-9-19)13-16-12-20-18(24-16)14-5-3-2-4-6-14/h2-6,12,15,17,22H,7-11,13H2,1H3/t15-,17+,19-/m1/s1. The minimum absolute atomic E-state index is 0.0633. The fourth-order valence-electron chi connectivity index (χ4n) is 4.25. The highest BCUT2D eigenvalue weighted by molar-refractivity contribution is 7.15. The summed E-state index contributed by atoms with van der Waals surface area (Å²) in [4.78, 5) is 8.36. The zero-order chi connectivity index (χ0) is 16.6. The molecule has 4 rings (SSSR count). The summed E-state index contributed by atoms with van der Waals surface area (Å²) in [6.45, 7) is 1.93. The first-order valence-electron chi connectivity index (χ1n) is 8.67. The number of benzene rings is 1. The maximum absolute atomic E-state index is 10.1. The highest BCUT2D eigenvalue weighted by atomic mass is 32.1. The van der Waals surface area contributed by atoms with Crippen LogP contribution in [0.1, 0.15) is 30.6 Å². The largest absolute Gasteiger partial charge is 0.393 e. The number of rotatable bonds is 4. The third-order valence-corrected chi connectivity index (χ3v) is 6.64. The predicted molar refractivity (Wildman–Crippen MR) is 96.0 cm³/mol. The Hall–Kier alpha value is -1.27. The van der Waals surface area contributed by atoms with Gasteiger partial charge in [-0.2, -0.15) is 0 Å². The number of ether oxygens (including phenoxy) is 1. The average molecular weight is 344 g/mol. The topological polar surface area (TPSA) is 45.6 Å². The number of hydrogen-bond acceptors (Lipinski definition) is 5. The van der Waals surface area contributed by atoms with E-state index in [1.165, 1.54) is 10.4 Å². The van der Waals surface area contributed by atoms with E-state index in [4.69, 9.17) is 4.74 Å². The van der Waals surface area contributed by atoms with Crippen LogP contribution in [0.3, 0.4) is 0 Å². The monoisotopic (exact) mass is 344 g/mol. The predicted octanol–water partition coefficient (Wildman–Crippen LogP) is 3.31. The van der Waals surface area contributed by atoms with E-state index in [1.54, 1.807) is 11.3 Å². The molecule has 128 valence electrons. The maximum atomic E-state index is 10.1. The third-order valence-electron chi connectivity index (χ3n) is 5.61. The molecule has 4 nitrogen and oxygen atoms in total. The fourth-order valence-corrected chi connectivity index (χ4v) is 5.20. The lowest BCUT2D eigenvalue weighted by molar-refractivity contribution is -0.0878. The van der Waals surface area contributed by atoms with Gasteiger partial charge in [-0.3, -0.25) is 4.90 Å². The number of aromatic nitrogens is 1. The number of thiazole rings is 1. The Balaban J connectivity index is 1.51. The summed E-state index contributed by atoms with van der Waals surface area (Å²) in [5.41, 5.74) is 1.11. The summed E-state index contributed by atoms with van der Waals surface area (Å²) >= 11 is 1.76. The van der Waals surface area contributed by atoms with Crippen LogP contribution in [0, 0.1) is 0 Å². The lowest BCUT2D eigenvalue weighted by Crippen LogP contribution is -2.51. The number of nitrogens with zero attached hydrogens (tertiary/aromatic N) is 2. The van der Waals surface area contributed by atoms with E-state index in [0.29, 0.717) is 6.04 Å². The molecule has 1 saturated heterocycles. The number of fused-ring (bicyclic) bond motifs is 1. The van der Waals surface area contributed by atoms with Crippen LogP contribution in [0.15, 0.2) is 36.5 Å². The van der Waals surface area contributed by atoms with E-state index in [0.717, 1.165) is 43.8 Å². The summed E-state index contributed by atoms with van der Waals surface area (Å²) < 4.78 is 5.93. The second-order valence-electron chi connectivity index (χ2n) is 6.93. The van der Waals surface area contributed by atoms with Gasteiger partial charge >= 0.3 is 0 Å². The number of aliphatic hydroxyl groups is 1. The van der Waals surface area contributed by atoms with Gasteiger partial charge < -0.3 is 9.84 Å². The molecule has 1 N–H and O–H groups in total. The molecule has 1 aliphatic carbocycles. The Kier molecular flexibility index (Phi) is 4.43. The summed E-state index contributed by atoms with van der Waals surface area (Å²) in [6, 6.07) is 10.6. The molecule has 1 aromatic carbocycles. The summed E-state index contributed by atoms with van der Waals surface area (Å²) in [5, 5.41) is 11.2. The Bertz CT molecular complexity index is 690. The van der Waals surface area contributed by atoms with Gasteiger partial charge in [-0.05, 0) is 25.7 Å². The Labute approximate surface area is 147 Å². The molecule has 2 heterocycles. The van der Waals surface area contributed by atoms with Gasteiger partial charge in [0.25, 0.3) is 0 Å². The van der Waals surface area contributed by atoms with Crippen LogP contribution in [0.5, 0.6) is 0 Å². The number of hydrogen-bond donors (Lipinski definition) is 1. The maximum Gasteiger partial charge on any atom is 0.123 e. The first kappa shape index (κ1) is 16.2. The Morgan fingerprint density at radius 2 is 2.17 bits per heavy atom. The van der Waals surface area contributed by atoms with E-state index in [1.807, 2.05) is 31.5 Å². The molecule has 2 fully saturated rings. The van der Waals surface area contributed by atoms with Crippen LogP contribution in [0.2, 0.25) is 0 Å². The molecular formula is C19H24N2O2S. The van der Waals surface area contributed by atoms with Gasteiger partial charge in [-0.25, -0.2) is 4.98 Å². The van der Waals surface area contributed by atoms with Crippen molar-refractivity contribution in [2.45, 2.75) is 50.0 Å². The van der Waals surface area contributed by atoms with Gasteiger partial charge in [0.1, 0.15) is 5.01 Å². The summed E-state index contributed by atoms with van der Waals surface area (Å²) in [5.74, 6) is 0. The van der Waals surface area contributed by atoms with Crippen molar-refractivity contribution in [3.8, 4) is 10.6 Å². The van der Waals surface area contributed by atoms with Crippen molar-refractivity contribution < 1.29 is 9.84 Å². The van der Waals surface area contributed by atoms with E-state index >= 15 is 0 Å². The number of methoxy groups -OCH3 is 1. The van der Waals surface area contributed by atoms with Crippen LogP contribution in [-0.4, -0.2) is 46.4 Å². The van der Waals surface area contributed by atoms with Gasteiger partial charge in [0, 0.05) is 42.9 Å². The molecule has 2 aromatic rings. The van der Waals surface area contributed by atoms with Gasteiger partial charge in [0.05, 0.1) is 11.7 Å². The normalized spacial score (nSPS) is 30.4. The second-order valence-corrected chi connectivity index (χ2v) is 8.05. The molecule has 1 saturated carbocycles. The zero-order valence-corrected chi connectivity index (χ0v) is 14.8.